The van der Waals surface area contributed by atoms with Crippen molar-refractivity contribution in [2.75, 3.05) is 32.9 Å². The molecular weight excluding hydrogens is 300 g/mol. The van der Waals surface area contributed by atoms with E-state index in [0.29, 0.717) is 0 Å². The van der Waals surface area contributed by atoms with Crippen LogP contribution in [0, 0.1) is 0 Å². The molecule has 6 heteroatoms. The summed E-state index contributed by atoms with van der Waals surface area (Å²) in [4.78, 5) is 5.39. The highest BCUT2D eigenvalue weighted by atomic mass is 35.5. The molecule has 0 bridgehead atoms. The van der Waals surface area contributed by atoms with Crippen molar-refractivity contribution in [3.05, 3.63) is 36.0 Å². The quantitative estimate of drug-likeness (QED) is 0.911. The fourth-order valence-corrected chi connectivity index (χ4v) is 2.67. The van der Waals surface area contributed by atoms with Crippen molar-refractivity contribution >= 4 is 35.7 Å². The van der Waals surface area contributed by atoms with E-state index in [1.54, 1.807) is 0 Å². The summed E-state index contributed by atoms with van der Waals surface area (Å²) in [6, 6.07) is 8.09. The zero-order valence-corrected chi connectivity index (χ0v) is 12.8. The molecule has 0 saturated carbocycles. The Morgan fingerprint density at radius 1 is 1.15 bits per heavy atom. The van der Waals surface area contributed by atoms with Crippen LogP contribution in [0.15, 0.2) is 30.5 Å². The van der Waals surface area contributed by atoms with Gasteiger partial charge in [0.2, 0.25) is 0 Å². The highest BCUT2D eigenvalue weighted by Gasteiger charge is 2.22. The number of nitrogens with one attached hydrogen (secondary N) is 2. The van der Waals surface area contributed by atoms with Gasteiger partial charge < -0.3 is 10.3 Å². The Balaban J connectivity index is 0.000001000. The summed E-state index contributed by atoms with van der Waals surface area (Å²) in [6.45, 7) is 3.40. The van der Waals surface area contributed by atoms with Crippen molar-refractivity contribution in [1.82, 2.24) is 15.2 Å². The molecule has 0 radical (unpaired) electrons. The van der Waals surface area contributed by atoms with Crippen LogP contribution in [0.5, 0.6) is 0 Å². The summed E-state index contributed by atoms with van der Waals surface area (Å²) in [5.41, 5.74) is 2.18. The summed E-state index contributed by atoms with van der Waals surface area (Å²) in [5.74, 6) is 0. The van der Waals surface area contributed by atoms with Gasteiger partial charge in [0.25, 0.3) is 0 Å². The Kier molecular flexibility index (Phi) is 6.76. The second-order valence-corrected chi connectivity index (χ2v) is 4.78. The van der Waals surface area contributed by atoms with Gasteiger partial charge in [-0.3, -0.25) is 4.90 Å². The molecule has 1 aromatic carbocycles. The van der Waals surface area contributed by atoms with Crippen molar-refractivity contribution in [1.29, 1.82) is 0 Å². The van der Waals surface area contributed by atoms with E-state index in [1.807, 2.05) is 24.4 Å². The van der Waals surface area contributed by atoms with Crippen LogP contribution in [0.1, 0.15) is 11.6 Å². The van der Waals surface area contributed by atoms with Crippen LogP contribution in [-0.4, -0.2) is 42.7 Å². The predicted molar refractivity (Wildman–Crippen MR) is 86.0 cm³/mol. The highest BCUT2D eigenvalue weighted by Crippen LogP contribution is 2.25. The van der Waals surface area contributed by atoms with Crippen LogP contribution in [0.3, 0.4) is 0 Å². The summed E-state index contributed by atoms with van der Waals surface area (Å²) < 4.78 is 13.4. The van der Waals surface area contributed by atoms with Gasteiger partial charge >= 0.3 is 0 Å². The van der Waals surface area contributed by atoms with Crippen LogP contribution in [0.4, 0.5) is 4.39 Å². The number of alkyl halides is 1. The molecule has 1 aliphatic heterocycles. The monoisotopic (exact) mass is 319 g/mol. The SMILES string of the molecule is Cl.Cl.FC[C@H](c1ccc2[nH]ccc2c1)N1CCNCC1. The van der Waals surface area contributed by atoms with Gasteiger partial charge in [0, 0.05) is 37.9 Å². The van der Waals surface area contributed by atoms with E-state index in [-0.39, 0.29) is 37.5 Å². The van der Waals surface area contributed by atoms with Crippen LogP contribution >= 0.6 is 24.8 Å². The molecule has 1 aromatic heterocycles. The van der Waals surface area contributed by atoms with Crippen molar-refractivity contribution in [3.63, 3.8) is 0 Å². The van der Waals surface area contributed by atoms with E-state index in [1.165, 1.54) is 0 Å². The van der Waals surface area contributed by atoms with Crippen molar-refractivity contribution in [2.24, 2.45) is 0 Å². The lowest BCUT2D eigenvalue weighted by atomic mass is 10.0. The minimum atomic E-state index is -0.323. The lowest BCUT2D eigenvalue weighted by Crippen LogP contribution is -2.45. The average molecular weight is 320 g/mol. The third kappa shape index (κ3) is 3.44. The number of H-pyrrole nitrogens is 1. The molecule has 1 saturated heterocycles. The van der Waals surface area contributed by atoms with Gasteiger partial charge in [0.15, 0.2) is 0 Å². The van der Waals surface area contributed by atoms with Gasteiger partial charge in [-0.05, 0) is 29.1 Å². The number of aromatic amines is 1. The van der Waals surface area contributed by atoms with E-state index < -0.39 is 0 Å². The molecule has 2 heterocycles. The summed E-state index contributed by atoms with van der Waals surface area (Å²) >= 11 is 0. The van der Waals surface area contributed by atoms with E-state index >= 15 is 0 Å². The number of benzene rings is 1. The van der Waals surface area contributed by atoms with Crippen molar-refractivity contribution in [3.8, 4) is 0 Å². The number of rotatable bonds is 3. The number of nitrogens with zero attached hydrogens (tertiary/aromatic N) is 1. The third-order valence-corrected chi connectivity index (χ3v) is 3.70. The van der Waals surface area contributed by atoms with Crippen molar-refractivity contribution in [2.45, 2.75) is 6.04 Å². The zero-order chi connectivity index (χ0) is 12.4. The first-order valence-electron chi connectivity index (χ1n) is 6.46. The largest absolute Gasteiger partial charge is 0.361 e. The molecular formula is C14H20Cl2FN3. The Labute approximate surface area is 130 Å². The van der Waals surface area contributed by atoms with Crippen LogP contribution < -0.4 is 5.32 Å². The van der Waals surface area contributed by atoms with Gasteiger partial charge in [0.05, 0.1) is 6.04 Å². The van der Waals surface area contributed by atoms with E-state index in [4.69, 9.17) is 0 Å². The summed E-state index contributed by atoms with van der Waals surface area (Å²) in [6.07, 6.45) is 1.92. The second kappa shape index (κ2) is 7.84. The predicted octanol–water partition coefficient (Wildman–Crippen LogP) is 2.93. The molecule has 3 nitrogen and oxygen atoms in total. The van der Waals surface area contributed by atoms with Gasteiger partial charge in [-0.2, -0.15) is 0 Å². The summed E-state index contributed by atoms with van der Waals surface area (Å²) in [7, 11) is 0. The molecule has 0 amide bonds. The van der Waals surface area contributed by atoms with Crippen molar-refractivity contribution < 1.29 is 4.39 Å². The van der Waals surface area contributed by atoms with Crippen LogP contribution in [-0.2, 0) is 0 Å². The summed E-state index contributed by atoms with van der Waals surface area (Å²) in [5, 5.41) is 4.46. The van der Waals surface area contributed by atoms with Crippen LogP contribution in [0.25, 0.3) is 10.9 Å². The molecule has 2 aromatic rings. The topological polar surface area (TPSA) is 31.1 Å². The van der Waals surface area contributed by atoms with Crippen LogP contribution in [0.2, 0.25) is 0 Å². The van der Waals surface area contributed by atoms with E-state index in [2.05, 4.69) is 21.3 Å². The molecule has 2 N–H and O–H groups in total. The molecule has 1 atom stereocenters. The Morgan fingerprint density at radius 2 is 1.90 bits per heavy atom. The Bertz CT molecular complexity index is 526. The van der Waals surface area contributed by atoms with Gasteiger partial charge in [-0.15, -0.1) is 24.8 Å². The molecule has 0 spiro atoms. The first kappa shape index (κ1) is 17.2. The fourth-order valence-electron chi connectivity index (χ4n) is 2.67. The highest BCUT2D eigenvalue weighted by molar-refractivity contribution is 5.85. The maximum absolute atomic E-state index is 13.4. The molecule has 112 valence electrons. The number of fused-ring (bicyclic) bond motifs is 1. The number of hydrogen-bond donors (Lipinski definition) is 2. The molecule has 0 aliphatic carbocycles. The number of piperazine rings is 1. The minimum absolute atomic E-state index is 0. The zero-order valence-electron chi connectivity index (χ0n) is 11.1. The maximum Gasteiger partial charge on any atom is 0.109 e. The minimum Gasteiger partial charge on any atom is -0.361 e. The molecule has 3 rings (SSSR count). The van der Waals surface area contributed by atoms with Gasteiger partial charge in [-0.25, -0.2) is 4.39 Å². The Morgan fingerprint density at radius 3 is 2.60 bits per heavy atom. The number of halogens is 3. The normalized spacial score (nSPS) is 17.2. The standard InChI is InChI=1S/C14H18FN3.2ClH/c15-10-14(18-7-5-16-6-8-18)12-1-2-13-11(9-12)3-4-17-13;;/h1-4,9,14,16-17H,5-8,10H2;2*1H/t14-;;/m1../s1. The smallest absolute Gasteiger partial charge is 0.109 e. The maximum atomic E-state index is 13.4. The molecule has 0 unspecified atom stereocenters. The lowest BCUT2D eigenvalue weighted by Gasteiger charge is -2.33. The fraction of sp³-hybridized carbons (Fsp3) is 0.429. The van der Waals surface area contributed by atoms with Gasteiger partial charge in [-0.1, -0.05) is 6.07 Å². The first-order valence-corrected chi connectivity index (χ1v) is 6.46. The molecule has 20 heavy (non-hydrogen) atoms. The Hall–Kier alpha value is -0.810. The van der Waals surface area contributed by atoms with Gasteiger partial charge in [0.1, 0.15) is 6.67 Å². The van der Waals surface area contributed by atoms with E-state index in [9.17, 15) is 4.39 Å². The average Bonchev–Trinajstić information content (AvgIpc) is 2.88. The van der Waals surface area contributed by atoms with E-state index in [0.717, 1.165) is 42.6 Å². The molecule has 1 aliphatic rings. The molecule has 1 fully saturated rings. The number of hydrogen-bond acceptors (Lipinski definition) is 2. The lowest BCUT2D eigenvalue weighted by molar-refractivity contribution is 0.147. The first-order chi connectivity index (χ1) is 8.88. The number of aromatic nitrogens is 1. The second-order valence-electron chi connectivity index (χ2n) is 4.78. The third-order valence-electron chi connectivity index (χ3n) is 3.70.